The molecule has 0 N–H and O–H groups in total. The lowest BCUT2D eigenvalue weighted by atomic mass is 9.96. The predicted octanol–water partition coefficient (Wildman–Crippen LogP) is 8.73. The van der Waals surface area contributed by atoms with Crippen molar-refractivity contribution in [1.29, 1.82) is 0 Å². The van der Waals surface area contributed by atoms with E-state index >= 15 is 4.39 Å². The Hall–Kier alpha value is -5.24. The van der Waals surface area contributed by atoms with Crippen LogP contribution in [-0.4, -0.2) is 32.6 Å². The number of esters is 1. The predicted molar refractivity (Wildman–Crippen MR) is 174 cm³/mol. The van der Waals surface area contributed by atoms with Crippen molar-refractivity contribution in [2.45, 2.75) is 11.8 Å². The number of rotatable bonds is 7. The summed E-state index contributed by atoms with van der Waals surface area (Å²) < 4.78 is 56.1. The monoisotopic (exact) mass is 636 g/mol. The van der Waals surface area contributed by atoms with E-state index in [0.717, 1.165) is 22.8 Å². The average Bonchev–Trinajstić information content (AvgIpc) is 3.66. The molecule has 0 unspecified atom stereocenters. The molecule has 0 fully saturated rings. The number of ether oxygens (including phenoxy) is 2. The van der Waals surface area contributed by atoms with Crippen LogP contribution in [0.15, 0.2) is 101 Å². The molecule has 0 saturated carbocycles. The third kappa shape index (κ3) is 5.16. The van der Waals surface area contributed by atoms with Crippen LogP contribution < -0.4 is 4.74 Å². The number of aryl methyl sites for hydroxylation is 1. The van der Waals surface area contributed by atoms with Crippen molar-refractivity contribution in [3.8, 4) is 39.3 Å². The Morgan fingerprint density at radius 2 is 1.62 bits per heavy atom. The van der Waals surface area contributed by atoms with Crippen LogP contribution >= 0.6 is 11.3 Å². The summed E-state index contributed by atoms with van der Waals surface area (Å²) in [5.74, 6) is -1.04. The fourth-order valence-electron chi connectivity index (χ4n) is 5.40. The van der Waals surface area contributed by atoms with Gasteiger partial charge in [0.1, 0.15) is 17.1 Å². The minimum atomic E-state index is -4.30. The molecule has 0 spiro atoms. The molecule has 6 rings (SSSR count). The van der Waals surface area contributed by atoms with E-state index in [0.29, 0.717) is 27.3 Å². The number of thiophene rings is 1. The van der Waals surface area contributed by atoms with Gasteiger partial charge in [0.15, 0.2) is 0 Å². The summed E-state index contributed by atoms with van der Waals surface area (Å²) in [4.78, 5) is 15.7. The van der Waals surface area contributed by atoms with Crippen LogP contribution in [0.1, 0.15) is 15.9 Å². The highest BCUT2D eigenvalue weighted by atomic mass is 32.2. The molecule has 0 aliphatic carbocycles. The Morgan fingerprint density at radius 1 is 0.911 bits per heavy atom. The van der Waals surface area contributed by atoms with Crippen LogP contribution in [0.2, 0.25) is 0 Å². The Bertz CT molecular complexity index is 2250. The highest BCUT2D eigenvalue weighted by molar-refractivity contribution is 7.90. The molecule has 224 valence electrons. The summed E-state index contributed by atoms with van der Waals surface area (Å²) >= 11 is 1.22. The van der Waals surface area contributed by atoms with Crippen molar-refractivity contribution >= 4 is 43.2 Å². The smallest absolute Gasteiger partial charge is 0.337 e. The zero-order chi connectivity index (χ0) is 31.9. The Balaban J connectivity index is 1.73. The van der Waals surface area contributed by atoms with Crippen molar-refractivity contribution in [1.82, 2.24) is 3.97 Å². The molecule has 0 bridgehead atoms. The molecule has 0 aliphatic heterocycles. The lowest BCUT2D eigenvalue weighted by Gasteiger charge is -2.16. The normalized spacial score (nSPS) is 11.4. The van der Waals surface area contributed by atoms with E-state index in [1.807, 2.05) is 19.1 Å². The second kappa shape index (κ2) is 11.7. The van der Waals surface area contributed by atoms with E-state index in [4.69, 9.17) is 16.0 Å². The summed E-state index contributed by atoms with van der Waals surface area (Å²) in [7, 11) is -1.63. The average molecular weight is 637 g/mol. The maximum Gasteiger partial charge on any atom is 0.337 e. The summed E-state index contributed by atoms with van der Waals surface area (Å²) in [5, 5.41) is 2.37. The third-order valence-electron chi connectivity index (χ3n) is 7.52. The van der Waals surface area contributed by atoms with Gasteiger partial charge in [-0.25, -0.2) is 26.4 Å². The fraction of sp³-hybridized carbons (Fsp3) is 0.0857. The fourth-order valence-corrected chi connectivity index (χ4v) is 7.64. The first-order valence-electron chi connectivity index (χ1n) is 13.7. The van der Waals surface area contributed by atoms with Crippen molar-refractivity contribution in [3.05, 3.63) is 125 Å². The number of carbonyl (C=O) groups excluding carboxylic acids is 1. The van der Waals surface area contributed by atoms with Gasteiger partial charge >= 0.3 is 5.97 Å². The Kier molecular flexibility index (Phi) is 7.74. The van der Waals surface area contributed by atoms with Crippen molar-refractivity contribution in [3.63, 3.8) is 0 Å². The standard InChI is InChI=1S/C35H25FN2O5S2/c1-21-8-14-27(15-9-21)45(40,41)38-32(25-7-5-6-24(18-25)22-10-12-23(13-11-22)35(39)43-4)31(28-16-17-44-34(28)37-2)29-19-26(36)20-30(42-3)33(29)38/h5-20H,1,3-4H3. The second-order valence-corrected chi connectivity index (χ2v) is 12.9. The molecule has 2 aromatic heterocycles. The van der Waals surface area contributed by atoms with Gasteiger partial charge in [-0.1, -0.05) is 54.1 Å². The number of nitrogens with zero attached hydrogens (tertiary/aromatic N) is 2. The minimum absolute atomic E-state index is 0.0299. The quantitative estimate of drug-likeness (QED) is 0.129. The van der Waals surface area contributed by atoms with Gasteiger partial charge < -0.3 is 9.47 Å². The van der Waals surface area contributed by atoms with E-state index in [-0.39, 0.29) is 27.2 Å². The number of hydrogen-bond donors (Lipinski definition) is 0. The maximum atomic E-state index is 15.2. The molecule has 45 heavy (non-hydrogen) atoms. The number of benzene rings is 4. The maximum absolute atomic E-state index is 15.2. The van der Waals surface area contributed by atoms with E-state index < -0.39 is 21.8 Å². The number of methoxy groups -OCH3 is 2. The van der Waals surface area contributed by atoms with E-state index in [1.54, 1.807) is 60.0 Å². The van der Waals surface area contributed by atoms with Crippen LogP contribution in [0.25, 0.3) is 49.3 Å². The lowest BCUT2D eigenvalue weighted by molar-refractivity contribution is 0.0600. The molecule has 0 atom stereocenters. The van der Waals surface area contributed by atoms with Gasteiger partial charge in [0.25, 0.3) is 10.0 Å². The molecule has 7 nitrogen and oxygen atoms in total. The van der Waals surface area contributed by atoms with Gasteiger partial charge in [-0.2, -0.15) is 11.3 Å². The molecule has 2 heterocycles. The number of fused-ring (bicyclic) bond motifs is 1. The number of aromatic nitrogens is 1. The van der Waals surface area contributed by atoms with Crippen LogP contribution in [0.3, 0.4) is 0 Å². The summed E-state index contributed by atoms with van der Waals surface area (Å²) in [6.45, 7) is 9.69. The molecule has 0 amide bonds. The number of halogens is 1. The van der Waals surface area contributed by atoms with Crippen molar-refractivity contribution < 1.29 is 27.1 Å². The first kappa shape index (κ1) is 29.8. The van der Waals surface area contributed by atoms with Crippen LogP contribution in [0, 0.1) is 19.3 Å². The molecule has 10 heteroatoms. The SMILES string of the molecule is [C-]#[N+]c1sccc1-c1c(-c2cccc(-c3ccc(C(=O)OC)cc3)c2)n(S(=O)(=O)c2ccc(C)cc2)c2c(OC)cc(F)cc12. The van der Waals surface area contributed by atoms with Gasteiger partial charge in [-0.3, -0.25) is 0 Å². The molecule has 0 aliphatic rings. The zero-order valence-corrected chi connectivity index (χ0v) is 26.0. The highest BCUT2D eigenvalue weighted by Crippen LogP contribution is 2.50. The van der Waals surface area contributed by atoms with E-state index in [2.05, 4.69) is 4.85 Å². The Morgan fingerprint density at radius 3 is 2.29 bits per heavy atom. The molecule has 0 radical (unpaired) electrons. The molecule has 4 aromatic carbocycles. The van der Waals surface area contributed by atoms with Gasteiger partial charge in [0.2, 0.25) is 5.00 Å². The minimum Gasteiger partial charge on any atom is -0.494 e. The largest absolute Gasteiger partial charge is 0.494 e. The molecule has 0 saturated heterocycles. The molecular weight excluding hydrogens is 612 g/mol. The van der Waals surface area contributed by atoms with Crippen LogP contribution in [0.5, 0.6) is 5.75 Å². The number of carbonyl (C=O) groups is 1. The van der Waals surface area contributed by atoms with Gasteiger partial charge in [0.05, 0.1) is 36.9 Å². The van der Waals surface area contributed by atoms with E-state index in [9.17, 15) is 13.2 Å². The van der Waals surface area contributed by atoms with Crippen LogP contribution in [0.4, 0.5) is 9.39 Å². The van der Waals surface area contributed by atoms with E-state index in [1.165, 1.54) is 47.7 Å². The second-order valence-electron chi connectivity index (χ2n) is 10.2. The summed E-state index contributed by atoms with van der Waals surface area (Å²) in [5.41, 5.74) is 4.59. The first-order valence-corrected chi connectivity index (χ1v) is 16.0. The summed E-state index contributed by atoms with van der Waals surface area (Å²) in [6, 6.07) is 24.8. The lowest BCUT2D eigenvalue weighted by Crippen LogP contribution is -2.15. The topological polar surface area (TPSA) is 79.0 Å². The third-order valence-corrected chi connectivity index (χ3v) is 10.0. The van der Waals surface area contributed by atoms with Crippen molar-refractivity contribution in [2.24, 2.45) is 0 Å². The number of hydrogen-bond acceptors (Lipinski definition) is 6. The van der Waals surface area contributed by atoms with Gasteiger partial charge in [-0.05, 0) is 59.8 Å². The summed E-state index contributed by atoms with van der Waals surface area (Å²) in [6.07, 6.45) is 0. The Labute approximate surface area is 263 Å². The highest BCUT2D eigenvalue weighted by Gasteiger charge is 2.32. The zero-order valence-electron chi connectivity index (χ0n) is 24.4. The van der Waals surface area contributed by atoms with Crippen molar-refractivity contribution in [2.75, 3.05) is 14.2 Å². The van der Waals surface area contributed by atoms with Gasteiger partial charge in [0, 0.05) is 28.1 Å². The molecule has 6 aromatic rings. The molecular formula is C35H25FN2O5S2. The van der Waals surface area contributed by atoms with Crippen LogP contribution in [-0.2, 0) is 14.8 Å². The first-order chi connectivity index (χ1) is 21.7. The van der Waals surface area contributed by atoms with Gasteiger partial charge in [-0.15, -0.1) is 0 Å².